The molecule has 7 aromatic carbocycles. The van der Waals surface area contributed by atoms with Gasteiger partial charge in [0.05, 0.1) is 0 Å². The molecule has 9 aromatic rings. The molecule has 0 aliphatic heterocycles. The molecule has 0 spiro atoms. The monoisotopic (exact) mass is 576 g/mol. The zero-order valence-electron chi connectivity index (χ0n) is 25.0. The first-order valence-corrected chi connectivity index (χ1v) is 15.6. The Labute approximate surface area is 260 Å². The molecule has 0 fully saturated rings. The van der Waals surface area contributed by atoms with Crippen LogP contribution in [0, 0.1) is 0 Å². The Balaban J connectivity index is 1.16. The third-order valence-corrected chi connectivity index (χ3v) is 10.1. The molecule has 2 heteroatoms. The number of hydrogen-bond donors (Lipinski definition) is 0. The largest absolute Gasteiger partial charge is 0.456 e. The summed E-state index contributed by atoms with van der Waals surface area (Å²) >= 11 is 0. The average molecular weight is 577 g/mol. The summed E-state index contributed by atoms with van der Waals surface area (Å²) in [6, 6.07) is 48.2. The highest BCUT2D eigenvalue weighted by Crippen LogP contribution is 2.54. The van der Waals surface area contributed by atoms with Crippen molar-refractivity contribution in [3.63, 3.8) is 0 Å². The summed E-state index contributed by atoms with van der Waals surface area (Å²) in [6.45, 7) is 4.75. The van der Waals surface area contributed by atoms with Crippen LogP contribution in [0.2, 0.25) is 0 Å². The average Bonchev–Trinajstić information content (AvgIpc) is 3.71. The minimum Gasteiger partial charge on any atom is -0.456 e. The Morgan fingerprint density at radius 2 is 0.889 bits per heavy atom. The highest BCUT2D eigenvalue weighted by atomic mass is 16.3. The van der Waals surface area contributed by atoms with E-state index >= 15 is 0 Å². The lowest BCUT2D eigenvalue weighted by Gasteiger charge is -2.23. The molecule has 0 atom stereocenters. The number of benzene rings is 7. The van der Waals surface area contributed by atoms with Crippen LogP contribution in [-0.4, -0.2) is 0 Å². The van der Waals surface area contributed by atoms with Crippen molar-refractivity contribution in [3.05, 3.63) is 145 Å². The molecular weight excluding hydrogens is 548 g/mol. The van der Waals surface area contributed by atoms with Gasteiger partial charge in [-0.15, -0.1) is 0 Å². The van der Waals surface area contributed by atoms with Gasteiger partial charge >= 0.3 is 0 Å². The molecule has 0 radical (unpaired) electrons. The fraction of sp³-hybridized carbons (Fsp3) is 0.0698. The second-order valence-electron chi connectivity index (χ2n) is 12.9. The minimum atomic E-state index is -0.168. The van der Waals surface area contributed by atoms with Crippen LogP contribution < -0.4 is 0 Å². The van der Waals surface area contributed by atoms with Crippen molar-refractivity contribution in [2.75, 3.05) is 0 Å². The van der Waals surface area contributed by atoms with E-state index in [1.807, 2.05) is 24.3 Å². The van der Waals surface area contributed by atoms with Crippen molar-refractivity contribution in [3.8, 4) is 33.4 Å². The molecule has 2 aromatic heterocycles. The molecule has 10 rings (SSSR count). The number of furan rings is 2. The SMILES string of the molecule is CC1(C)c2cc(-c3ccc4oc5ccccc5c4c3)ccc2-c2c1cc(-c1ccc3oc4ccccc4c3c1)c1ccccc21. The van der Waals surface area contributed by atoms with Gasteiger partial charge in [-0.2, -0.15) is 0 Å². The Morgan fingerprint density at radius 3 is 1.58 bits per heavy atom. The summed E-state index contributed by atoms with van der Waals surface area (Å²) in [5, 5.41) is 7.19. The first kappa shape index (κ1) is 24.8. The van der Waals surface area contributed by atoms with E-state index in [1.165, 1.54) is 55.3 Å². The zero-order valence-corrected chi connectivity index (χ0v) is 25.0. The molecule has 0 bridgehead atoms. The van der Waals surface area contributed by atoms with Crippen LogP contribution in [0.3, 0.4) is 0 Å². The molecule has 0 N–H and O–H groups in total. The number of hydrogen-bond acceptors (Lipinski definition) is 2. The molecule has 0 saturated carbocycles. The lowest BCUT2D eigenvalue weighted by molar-refractivity contribution is 0.661. The molecular formula is C43H28O2. The van der Waals surface area contributed by atoms with Gasteiger partial charge in [-0.25, -0.2) is 0 Å². The predicted octanol–water partition coefficient (Wildman–Crippen LogP) is 12.3. The van der Waals surface area contributed by atoms with Gasteiger partial charge in [0.25, 0.3) is 0 Å². The highest BCUT2D eigenvalue weighted by Gasteiger charge is 2.37. The predicted molar refractivity (Wildman–Crippen MR) is 187 cm³/mol. The summed E-state index contributed by atoms with van der Waals surface area (Å²) in [4.78, 5) is 0. The molecule has 212 valence electrons. The number of rotatable bonds is 2. The summed E-state index contributed by atoms with van der Waals surface area (Å²) in [5.74, 6) is 0. The quantitative estimate of drug-likeness (QED) is 0.205. The Kier molecular flexibility index (Phi) is 4.82. The van der Waals surface area contributed by atoms with Crippen LogP contribution in [0.4, 0.5) is 0 Å². The zero-order chi connectivity index (χ0) is 29.9. The molecule has 0 unspecified atom stereocenters. The van der Waals surface area contributed by atoms with Gasteiger partial charge in [-0.05, 0) is 104 Å². The lowest BCUT2D eigenvalue weighted by Crippen LogP contribution is -2.15. The van der Waals surface area contributed by atoms with Gasteiger partial charge in [0.15, 0.2) is 0 Å². The van der Waals surface area contributed by atoms with E-state index in [-0.39, 0.29) is 5.41 Å². The van der Waals surface area contributed by atoms with Crippen LogP contribution in [0.1, 0.15) is 25.0 Å². The Hall–Kier alpha value is -5.60. The second kappa shape index (κ2) is 8.74. The molecule has 1 aliphatic carbocycles. The van der Waals surface area contributed by atoms with Crippen molar-refractivity contribution in [1.29, 1.82) is 0 Å². The van der Waals surface area contributed by atoms with Gasteiger partial charge in [0.1, 0.15) is 22.3 Å². The van der Waals surface area contributed by atoms with Crippen LogP contribution in [0.15, 0.2) is 142 Å². The third kappa shape index (κ3) is 3.40. The number of para-hydroxylation sites is 2. The standard InChI is InChI=1S/C43H28O2/c1-43(2)36-23-26(25-16-19-40-34(21-25)29-10-5-7-13-38(29)44-40)15-18-32(36)42-31-12-4-3-9-28(31)33(24-37(42)43)27-17-20-41-35(22-27)30-11-6-8-14-39(30)45-41/h3-24H,1-2H3. The maximum absolute atomic E-state index is 6.16. The third-order valence-electron chi connectivity index (χ3n) is 10.1. The van der Waals surface area contributed by atoms with E-state index in [9.17, 15) is 0 Å². The van der Waals surface area contributed by atoms with Crippen molar-refractivity contribution in [2.45, 2.75) is 19.3 Å². The highest BCUT2D eigenvalue weighted by molar-refractivity contribution is 6.12. The maximum Gasteiger partial charge on any atom is 0.135 e. The Bertz CT molecular complexity index is 2680. The molecule has 2 heterocycles. The number of fused-ring (bicyclic) bond motifs is 11. The van der Waals surface area contributed by atoms with E-state index in [1.54, 1.807) is 0 Å². The van der Waals surface area contributed by atoms with Crippen molar-refractivity contribution in [2.24, 2.45) is 0 Å². The first-order chi connectivity index (χ1) is 22.0. The maximum atomic E-state index is 6.16. The van der Waals surface area contributed by atoms with Gasteiger partial charge in [0.2, 0.25) is 0 Å². The summed E-state index contributed by atoms with van der Waals surface area (Å²) in [5.41, 5.74) is 13.9. The molecule has 1 aliphatic rings. The normalized spacial score (nSPS) is 13.7. The molecule has 0 saturated heterocycles. The van der Waals surface area contributed by atoms with E-state index in [4.69, 9.17) is 8.83 Å². The first-order valence-electron chi connectivity index (χ1n) is 15.6. The second-order valence-corrected chi connectivity index (χ2v) is 12.9. The summed E-state index contributed by atoms with van der Waals surface area (Å²) in [6.07, 6.45) is 0. The van der Waals surface area contributed by atoms with Gasteiger partial charge < -0.3 is 8.83 Å². The Morgan fingerprint density at radius 1 is 0.378 bits per heavy atom. The van der Waals surface area contributed by atoms with Gasteiger partial charge in [-0.1, -0.05) is 98.8 Å². The molecule has 45 heavy (non-hydrogen) atoms. The van der Waals surface area contributed by atoms with Gasteiger partial charge in [0, 0.05) is 27.0 Å². The smallest absolute Gasteiger partial charge is 0.135 e. The summed E-state index contributed by atoms with van der Waals surface area (Å²) in [7, 11) is 0. The van der Waals surface area contributed by atoms with E-state index in [0.29, 0.717) is 0 Å². The topological polar surface area (TPSA) is 26.3 Å². The molecule has 2 nitrogen and oxygen atoms in total. The van der Waals surface area contributed by atoms with Gasteiger partial charge in [-0.3, -0.25) is 0 Å². The fourth-order valence-electron chi connectivity index (χ4n) is 7.80. The molecule has 0 amide bonds. The fourth-order valence-corrected chi connectivity index (χ4v) is 7.80. The van der Waals surface area contributed by atoms with Crippen molar-refractivity contribution in [1.82, 2.24) is 0 Å². The summed E-state index contributed by atoms with van der Waals surface area (Å²) < 4.78 is 12.3. The van der Waals surface area contributed by atoms with E-state index in [0.717, 1.165) is 43.9 Å². The van der Waals surface area contributed by atoms with Crippen LogP contribution >= 0.6 is 0 Å². The van der Waals surface area contributed by atoms with Crippen LogP contribution in [0.25, 0.3) is 88.0 Å². The minimum absolute atomic E-state index is 0.168. The lowest BCUT2D eigenvalue weighted by atomic mass is 9.80. The van der Waals surface area contributed by atoms with Crippen molar-refractivity contribution >= 4 is 54.6 Å². The van der Waals surface area contributed by atoms with Crippen molar-refractivity contribution < 1.29 is 8.83 Å². The van der Waals surface area contributed by atoms with E-state index < -0.39 is 0 Å². The van der Waals surface area contributed by atoms with Crippen LogP contribution in [0.5, 0.6) is 0 Å². The van der Waals surface area contributed by atoms with E-state index in [2.05, 4.69) is 123 Å². The van der Waals surface area contributed by atoms with Crippen LogP contribution in [-0.2, 0) is 5.41 Å².